The maximum atomic E-state index is 11.7. The van der Waals surface area contributed by atoms with E-state index in [1.807, 2.05) is 35.0 Å². The largest absolute Gasteiger partial charge is 0.272 e. The minimum atomic E-state index is -0.232. The van der Waals surface area contributed by atoms with E-state index in [1.54, 1.807) is 23.6 Å². The first kappa shape index (κ1) is 12.0. The maximum absolute atomic E-state index is 11.7. The molecule has 3 nitrogen and oxygen atoms in total. The fourth-order valence-electron chi connectivity index (χ4n) is 1.22. The van der Waals surface area contributed by atoms with Gasteiger partial charge in [0.15, 0.2) is 0 Å². The van der Waals surface area contributed by atoms with Crippen LogP contribution in [-0.2, 0) is 0 Å². The predicted octanol–water partition coefficient (Wildman–Crippen LogP) is 3.27. The molecule has 0 unspecified atom stereocenters. The fraction of sp³-hybridized carbons (Fsp3) is 0. The van der Waals surface area contributed by atoms with Gasteiger partial charge in [-0.15, -0.1) is 0 Å². The molecule has 0 aliphatic carbocycles. The van der Waals surface area contributed by atoms with E-state index in [0.717, 1.165) is 10.0 Å². The summed E-state index contributed by atoms with van der Waals surface area (Å²) in [7, 11) is 0. The van der Waals surface area contributed by atoms with Gasteiger partial charge in [-0.2, -0.15) is 16.4 Å². The molecule has 0 saturated carbocycles. The van der Waals surface area contributed by atoms with Gasteiger partial charge in [-0.05, 0) is 44.9 Å². The number of carbonyl (C=O) groups is 1. The fourth-order valence-corrected chi connectivity index (χ4v) is 2.30. The smallest absolute Gasteiger partial charge is 0.267 e. The van der Waals surface area contributed by atoms with Crippen molar-refractivity contribution in [1.29, 1.82) is 0 Å². The molecule has 0 atom stereocenters. The number of carbonyl (C=O) groups excluding carboxylic acids is 1. The Balaban J connectivity index is 2.01. The third kappa shape index (κ3) is 3.25. The lowest BCUT2D eigenvalue weighted by atomic mass is 10.2. The molecule has 0 saturated heterocycles. The van der Waals surface area contributed by atoms with Gasteiger partial charge < -0.3 is 0 Å². The van der Waals surface area contributed by atoms with Crippen molar-refractivity contribution in [2.45, 2.75) is 0 Å². The van der Waals surface area contributed by atoms with Crippen molar-refractivity contribution in [3.05, 3.63) is 56.7 Å². The van der Waals surface area contributed by atoms with E-state index in [0.29, 0.717) is 5.56 Å². The Hall–Kier alpha value is -1.46. The minimum Gasteiger partial charge on any atom is -0.267 e. The Bertz CT molecular complexity index is 537. The highest BCUT2D eigenvalue weighted by Crippen LogP contribution is 2.15. The van der Waals surface area contributed by atoms with E-state index in [4.69, 9.17) is 0 Å². The lowest BCUT2D eigenvalue weighted by molar-refractivity contribution is 0.0954. The number of nitrogens with one attached hydrogen (secondary N) is 1. The highest BCUT2D eigenvalue weighted by Gasteiger charge is 2.07. The number of halogens is 1. The zero-order valence-electron chi connectivity index (χ0n) is 8.76. The van der Waals surface area contributed by atoms with Gasteiger partial charge in [0.2, 0.25) is 0 Å². The second-order valence-electron chi connectivity index (χ2n) is 3.24. The van der Waals surface area contributed by atoms with Crippen molar-refractivity contribution < 1.29 is 4.79 Å². The zero-order chi connectivity index (χ0) is 12.1. The van der Waals surface area contributed by atoms with Gasteiger partial charge in [-0.3, -0.25) is 4.79 Å². The third-order valence-electron chi connectivity index (χ3n) is 2.04. The van der Waals surface area contributed by atoms with E-state index in [-0.39, 0.29) is 5.91 Å². The zero-order valence-corrected chi connectivity index (χ0v) is 11.2. The molecule has 17 heavy (non-hydrogen) atoms. The summed E-state index contributed by atoms with van der Waals surface area (Å²) in [4.78, 5) is 11.7. The molecule has 0 aliphatic heterocycles. The Morgan fingerprint density at radius 3 is 2.88 bits per heavy atom. The number of hydrogen-bond donors (Lipinski definition) is 1. The van der Waals surface area contributed by atoms with Gasteiger partial charge in [-0.25, -0.2) is 5.43 Å². The van der Waals surface area contributed by atoms with Gasteiger partial charge in [0.05, 0.1) is 11.8 Å². The first-order valence-corrected chi connectivity index (χ1v) is 6.61. The molecule has 5 heteroatoms. The molecule has 1 heterocycles. The van der Waals surface area contributed by atoms with Crippen LogP contribution in [0, 0.1) is 0 Å². The summed E-state index contributed by atoms with van der Waals surface area (Å²) in [6.07, 6.45) is 1.62. The molecule has 0 fully saturated rings. The average Bonchev–Trinajstić information content (AvgIpc) is 2.82. The molecule has 0 spiro atoms. The van der Waals surface area contributed by atoms with Crippen molar-refractivity contribution in [2.75, 3.05) is 0 Å². The van der Waals surface area contributed by atoms with Crippen LogP contribution < -0.4 is 5.43 Å². The van der Waals surface area contributed by atoms with Crippen LogP contribution in [0.2, 0.25) is 0 Å². The summed E-state index contributed by atoms with van der Waals surface area (Å²) in [5, 5.41) is 7.80. The standard InChI is InChI=1S/C12H9BrN2OS/c13-11-4-2-1-3-10(11)12(16)15-14-7-9-5-6-17-8-9/h1-8H,(H,15,16)/b14-7-. The van der Waals surface area contributed by atoms with E-state index < -0.39 is 0 Å². The van der Waals surface area contributed by atoms with E-state index in [1.165, 1.54) is 0 Å². The Labute approximate surface area is 111 Å². The van der Waals surface area contributed by atoms with Gasteiger partial charge in [-0.1, -0.05) is 12.1 Å². The maximum Gasteiger partial charge on any atom is 0.272 e. The summed E-state index contributed by atoms with van der Waals surface area (Å²) < 4.78 is 0.753. The second kappa shape index (κ2) is 5.75. The minimum absolute atomic E-state index is 0.232. The van der Waals surface area contributed by atoms with Gasteiger partial charge in [0, 0.05) is 10.0 Å². The van der Waals surface area contributed by atoms with Crippen LogP contribution in [-0.4, -0.2) is 12.1 Å². The number of nitrogens with zero attached hydrogens (tertiary/aromatic N) is 1. The molecule has 1 aromatic heterocycles. The number of hydrazone groups is 1. The Morgan fingerprint density at radius 2 is 2.18 bits per heavy atom. The monoisotopic (exact) mass is 308 g/mol. The molecule has 1 aromatic carbocycles. The van der Waals surface area contributed by atoms with Crippen molar-refractivity contribution in [1.82, 2.24) is 5.43 Å². The van der Waals surface area contributed by atoms with Crippen LogP contribution in [0.1, 0.15) is 15.9 Å². The molecular formula is C12H9BrN2OS. The molecule has 1 N–H and O–H groups in total. The van der Waals surface area contributed by atoms with Crippen LogP contribution in [0.15, 0.2) is 50.7 Å². The number of amides is 1. The van der Waals surface area contributed by atoms with Crippen LogP contribution in [0.25, 0.3) is 0 Å². The SMILES string of the molecule is O=C(N/N=C\c1ccsc1)c1ccccc1Br. The Morgan fingerprint density at radius 1 is 1.35 bits per heavy atom. The van der Waals surface area contributed by atoms with Crippen molar-refractivity contribution in [3.63, 3.8) is 0 Å². The molecule has 86 valence electrons. The summed E-state index contributed by atoms with van der Waals surface area (Å²) in [5.41, 5.74) is 4.02. The highest BCUT2D eigenvalue weighted by molar-refractivity contribution is 9.10. The molecular weight excluding hydrogens is 300 g/mol. The summed E-state index contributed by atoms with van der Waals surface area (Å²) in [6.45, 7) is 0. The number of hydrogen-bond acceptors (Lipinski definition) is 3. The molecule has 2 aromatic rings. The normalized spacial score (nSPS) is 10.6. The highest BCUT2D eigenvalue weighted by atomic mass is 79.9. The molecule has 0 bridgehead atoms. The number of rotatable bonds is 3. The first-order chi connectivity index (χ1) is 8.27. The van der Waals surface area contributed by atoms with Crippen molar-refractivity contribution in [2.24, 2.45) is 5.10 Å². The predicted molar refractivity (Wildman–Crippen MR) is 73.5 cm³/mol. The quantitative estimate of drug-likeness (QED) is 0.686. The molecule has 0 radical (unpaired) electrons. The summed E-state index contributed by atoms with van der Waals surface area (Å²) in [5.74, 6) is -0.232. The van der Waals surface area contributed by atoms with Crippen molar-refractivity contribution >= 4 is 39.4 Å². The molecule has 1 amide bonds. The van der Waals surface area contributed by atoms with Crippen LogP contribution in [0.3, 0.4) is 0 Å². The van der Waals surface area contributed by atoms with Crippen molar-refractivity contribution in [3.8, 4) is 0 Å². The first-order valence-electron chi connectivity index (χ1n) is 4.87. The van der Waals surface area contributed by atoms with Crippen LogP contribution >= 0.6 is 27.3 Å². The lowest BCUT2D eigenvalue weighted by Crippen LogP contribution is -2.17. The van der Waals surface area contributed by atoms with E-state index in [2.05, 4.69) is 26.5 Å². The third-order valence-corrected chi connectivity index (χ3v) is 3.43. The van der Waals surface area contributed by atoms with Gasteiger partial charge in [0.25, 0.3) is 5.91 Å². The summed E-state index contributed by atoms with van der Waals surface area (Å²) in [6, 6.07) is 9.15. The molecule has 0 aliphatic rings. The topological polar surface area (TPSA) is 41.5 Å². The van der Waals surface area contributed by atoms with E-state index in [9.17, 15) is 4.79 Å². The second-order valence-corrected chi connectivity index (χ2v) is 4.87. The van der Waals surface area contributed by atoms with Crippen LogP contribution in [0.5, 0.6) is 0 Å². The van der Waals surface area contributed by atoms with Gasteiger partial charge in [0.1, 0.15) is 0 Å². The summed E-state index contributed by atoms with van der Waals surface area (Å²) >= 11 is 4.90. The van der Waals surface area contributed by atoms with E-state index >= 15 is 0 Å². The van der Waals surface area contributed by atoms with Crippen LogP contribution in [0.4, 0.5) is 0 Å². The average molecular weight is 309 g/mol. The Kier molecular flexibility index (Phi) is 4.06. The number of benzene rings is 1. The lowest BCUT2D eigenvalue weighted by Gasteiger charge is -2.01. The van der Waals surface area contributed by atoms with Gasteiger partial charge >= 0.3 is 0 Å². The number of thiophene rings is 1. The molecule has 2 rings (SSSR count).